The van der Waals surface area contributed by atoms with Gasteiger partial charge in [-0.2, -0.15) is 0 Å². The summed E-state index contributed by atoms with van der Waals surface area (Å²) in [7, 11) is 0. The fraction of sp³-hybridized carbons (Fsp3) is 0.688. The van der Waals surface area contributed by atoms with E-state index in [1.807, 2.05) is 19.3 Å². The smallest absolute Gasteiger partial charge is 0.0301 e. The summed E-state index contributed by atoms with van der Waals surface area (Å²) < 4.78 is 0. The van der Waals surface area contributed by atoms with Gasteiger partial charge in [0.1, 0.15) is 0 Å². The lowest BCUT2D eigenvalue weighted by Gasteiger charge is -2.26. The van der Waals surface area contributed by atoms with Crippen molar-refractivity contribution in [1.82, 2.24) is 0 Å². The van der Waals surface area contributed by atoms with E-state index in [2.05, 4.69) is 44.8 Å². The van der Waals surface area contributed by atoms with E-state index in [1.54, 1.807) is 0 Å². The molecule has 0 spiro atoms. The number of unbranched alkanes of at least 4 members (excludes halogenated alkanes) is 3. The first kappa shape index (κ1) is 16.1. The summed E-state index contributed by atoms with van der Waals surface area (Å²) in [5.74, 6) is 0. The summed E-state index contributed by atoms with van der Waals surface area (Å²) >= 11 is 0. The minimum atomic E-state index is 0.229. The monoisotopic (exact) mass is 235 g/mol. The molecule has 0 rings (SSSR count). The number of aliphatic imine (C=N–C) groups is 1. The van der Waals surface area contributed by atoms with Gasteiger partial charge in [0.25, 0.3) is 0 Å². The Balaban J connectivity index is 4.49. The molecule has 0 aliphatic heterocycles. The van der Waals surface area contributed by atoms with Crippen molar-refractivity contribution in [2.45, 2.75) is 66.7 Å². The summed E-state index contributed by atoms with van der Waals surface area (Å²) in [6.45, 7) is 10.9. The Labute approximate surface area is 108 Å². The summed E-state index contributed by atoms with van der Waals surface area (Å²) in [5.41, 5.74) is 1.56. The van der Waals surface area contributed by atoms with Gasteiger partial charge in [-0.1, -0.05) is 58.6 Å². The Bertz CT molecular complexity index is 269. The summed E-state index contributed by atoms with van der Waals surface area (Å²) in [6.07, 6.45) is 14.7. The highest BCUT2D eigenvalue weighted by Gasteiger charge is 2.20. The molecule has 0 aliphatic carbocycles. The standard InChI is InChI=1S/C16H29N/c1-6-9-10-11-13-16(4,5)15(12-7-2)14-17-8-3/h7-8,12,14H,6,9-11,13H2,1-5H3/b12-7-,15-14+,17-8-. The molecular weight excluding hydrogens is 206 g/mol. The van der Waals surface area contributed by atoms with E-state index in [-0.39, 0.29) is 5.41 Å². The minimum Gasteiger partial charge on any atom is -0.269 e. The van der Waals surface area contributed by atoms with Gasteiger partial charge in [-0.25, -0.2) is 0 Å². The second-order valence-corrected chi connectivity index (χ2v) is 5.19. The van der Waals surface area contributed by atoms with Gasteiger partial charge in [-0.3, -0.25) is 4.99 Å². The lowest BCUT2D eigenvalue weighted by atomic mass is 9.79. The first-order valence-corrected chi connectivity index (χ1v) is 6.89. The van der Waals surface area contributed by atoms with E-state index in [0.717, 1.165) is 0 Å². The molecule has 0 radical (unpaired) electrons. The van der Waals surface area contributed by atoms with Crippen molar-refractivity contribution in [1.29, 1.82) is 0 Å². The molecule has 0 saturated carbocycles. The summed E-state index contributed by atoms with van der Waals surface area (Å²) in [4.78, 5) is 4.26. The fourth-order valence-corrected chi connectivity index (χ4v) is 1.92. The molecule has 0 heterocycles. The van der Waals surface area contributed by atoms with Crippen molar-refractivity contribution in [2.24, 2.45) is 10.4 Å². The molecule has 0 unspecified atom stereocenters. The molecule has 0 aromatic heterocycles. The summed E-state index contributed by atoms with van der Waals surface area (Å²) in [6, 6.07) is 0. The molecule has 0 atom stereocenters. The number of allylic oxidation sites excluding steroid dienone is 3. The van der Waals surface area contributed by atoms with Crippen molar-refractivity contribution in [2.75, 3.05) is 0 Å². The zero-order valence-electron chi connectivity index (χ0n) is 12.3. The Hall–Kier alpha value is -0.850. The van der Waals surface area contributed by atoms with E-state index in [1.165, 1.54) is 37.7 Å². The topological polar surface area (TPSA) is 12.4 Å². The van der Waals surface area contributed by atoms with Crippen molar-refractivity contribution in [3.8, 4) is 0 Å². The third-order valence-electron chi connectivity index (χ3n) is 3.15. The van der Waals surface area contributed by atoms with Crippen LogP contribution in [0.3, 0.4) is 0 Å². The average Bonchev–Trinajstić information content (AvgIpc) is 2.30. The zero-order chi connectivity index (χ0) is 13.1. The van der Waals surface area contributed by atoms with Crippen molar-refractivity contribution < 1.29 is 0 Å². The molecule has 1 heteroatoms. The maximum absolute atomic E-state index is 4.26. The molecule has 0 saturated heterocycles. The van der Waals surface area contributed by atoms with Crippen molar-refractivity contribution in [3.05, 3.63) is 23.9 Å². The number of nitrogens with zero attached hydrogens (tertiary/aromatic N) is 1. The molecule has 0 aromatic rings. The van der Waals surface area contributed by atoms with Gasteiger partial charge >= 0.3 is 0 Å². The van der Waals surface area contributed by atoms with Crippen LogP contribution in [0, 0.1) is 5.41 Å². The summed E-state index contributed by atoms with van der Waals surface area (Å²) in [5, 5.41) is 0. The first-order chi connectivity index (χ1) is 8.08. The molecule has 0 aliphatic rings. The van der Waals surface area contributed by atoms with Gasteiger partial charge in [0.2, 0.25) is 0 Å². The molecule has 0 bridgehead atoms. The molecule has 0 N–H and O–H groups in total. The van der Waals surface area contributed by atoms with Crippen LogP contribution in [0.5, 0.6) is 0 Å². The molecule has 0 amide bonds. The first-order valence-electron chi connectivity index (χ1n) is 6.89. The Morgan fingerprint density at radius 3 is 2.35 bits per heavy atom. The highest BCUT2D eigenvalue weighted by Crippen LogP contribution is 2.33. The van der Waals surface area contributed by atoms with Crippen LogP contribution in [0.1, 0.15) is 66.7 Å². The minimum absolute atomic E-state index is 0.229. The SMILES string of the molecule is C\C=C/C(=C\N=C/C)C(C)(C)CCCCCC. The number of hydrogen-bond donors (Lipinski definition) is 0. The van der Waals surface area contributed by atoms with Crippen LogP contribution in [0.15, 0.2) is 28.9 Å². The fourth-order valence-electron chi connectivity index (χ4n) is 1.92. The van der Waals surface area contributed by atoms with Gasteiger partial charge in [-0.15, -0.1) is 0 Å². The average molecular weight is 235 g/mol. The molecule has 1 nitrogen and oxygen atoms in total. The zero-order valence-corrected chi connectivity index (χ0v) is 12.3. The molecule has 0 fully saturated rings. The van der Waals surface area contributed by atoms with E-state index < -0.39 is 0 Å². The Morgan fingerprint density at radius 2 is 1.82 bits per heavy atom. The van der Waals surface area contributed by atoms with Gasteiger partial charge in [0.05, 0.1) is 0 Å². The van der Waals surface area contributed by atoms with Crippen LogP contribution in [0.4, 0.5) is 0 Å². The lowest BCUT2D eigenvalue weighted by molar-refractivity contribution is 0.392. The van der Waals surface area contributed by atoms with E-state index in [9.17, 15) is 0 Å². The van der Waals surface area contributed by atoms with Crippen LogP contribution in [0.25, 0.3) is 0 Å². The molecule has 0 aromatic carbocycles. The normalized spacial score (nSPS) is 14.1. The van der Waals surface area contributed by atoms with Gasteiger partial charge in [-0.05, 0) is 31.3 Å². The van der Waals surface area contributed by atoms with Crippen LogP contribution in [0.2, 0.25) is 0 Å². The van der Waals surface area contributed by atoms with Crippen LogP contribution < -0.4 is 0 Å². The quantitative estimate of drug-likeness (QED) is 0.298. The van der Waals surface area contributed by atoms with Crippen LogP contribution in [-0.2, 0) is 0 Å². The van der Waals surface area contributed by atoms with Crippen molar-refractivity contribution in [3.63, 3.8) is 0 Å². The highest BCUT2D eigenvalue weighted by atomic mass is 14.7. The van der Waals surface area contributed by atoms with Gasteiger partial charge < -0.3 is 0 Å². The predicted molar refractivity (Wildman–Crippen MR) is 79.6 cm³/mol. The number of hydrogen-bond acceptors (Lipinski definition) is 1. The van der Waals surface area contributed by atoms with E-state index >= 15 is 0 Å². The van der Waals surface area contributed by atoms with Gasteiger partial charge in [0.15, 0.2) is 0 Å². The molecule has 98 valence electrons. The highest BCUT2D eigenvalue weighted by molar-refractivity contribution is 5.54. The maximum atomic E-state index is 4.26. The Kier molecular flexibility index (Phi) is 8.75. The number of rotatable bonds is 8. The second-order valence-electron chi connectivity index (χ2n) is 5.19. The third-order valence-corrected chi connectivity index (χ3v) is 3.15. The molecule has 17 heavy (non-hydrogen) atoms. The van der Waals surface area contributed by atoms with Crippen molar-refractivity contribution >= 4 is 6.21 Å². The van der Waals surface area contributed by atoms with Crippen LogP contribution in [-0.4, -0.2) is 6.21 Å². The third kappa shape index (κ3) is 7.14. The maximum Gasteiger partial charge on any atom is 0.0301 e. The second kappa shape index (κ2) is 9.21. The van der Waals surface area contributed by atoms with Gasteiger partial charge in [0, 0.05) is 12.4 Å². The Morgan fingerprint density at radius 1 is 1.12 bits per heavy atom. The van der Waals surface area contributed by atoms with E-state index in [4.69, 9.17) is 0 Å². The molecular formula is C16H29N. The predicted octanol–water partition coefficient (Wildman–Crippen LogP) is 5.53. The van der Waals surface area contributed by atoms with Crippen LogP contribution >= 0.6 is 0 Å². The largest absolute Gasteiger partial charge is 0.269 e. The lowest BCUT2D eigenvalue weighted by Crippen LogP contribution is -2.13. The van der Waals surface area contributed by atoms with E-state index in [0.29, 0.717) is 0 Å².